The van der Waals surface area contributed by atoms with E-state index in [2.05, 4.69) is 59.8 Å². The van der Waals surface area contributed by atoms with E-state index in [0.29, 0.717) is 16.9 Å². The van der Waals surface area contributed by atoms with Gasteiger partial charge >= 0.3 is 0 Å². The van der Waals surface area contributed by atoms with Crippen molar-refractivity contribution < 1.29 is 0 Å². The van der Waals surface area contributed by atoms with Gasteiger partial charge in [0, 0.05) is 15.8 Å². The fourth-order valence-electron chi connectivity index (χ4n) is 3.33. The molecule has 1 aromatic rings. The van der Waals surface area contributed by atoms with Crippen molar-refractivity contribution in [2.24, 2.45) is 16.7 Å². The lowest BCUT2D eigenvalue weighted by Crippen LogP contribution is -2.23. The minimum atomic E-state index is 0.474. The maximum absolute atomic E-state index is 3.73. The Labute approximate surface area is 116 Å². The van der Waals surface area contributed by atoms with E-state index in [1.165, 1.54) is 15.3 Å². The van der Waals surface area contributed by atoms with Gasteiger partial charge in [0.2, 0.25) is 0 Å². The number of hydrogen-bond acceptors (Lipinski definition) is 2. The van der Waals surface area contributed by atoms with Gasteiger partial charge in [-0.2, -0.15) is 0 Å². The van der Waals surface area contributed by atoms with Crippen LogP contribution in [0.25, 0.3) is 0 Å². The second-order valence-electron chi connectivity index (χ2n) is 6.99. The highest BCUT2D eigenvalue weighted by Crippen LogP contribution is 2.68. The summed E-state index contributed by atoms with van der Waals surface area (Å²) >= 11 is 1.91. The molecule has 102 valence electrons. The summed E-state index contributed by atoms with van der Waals surface area (Å²) in [6.07, 6.45) is 0. The van der Waals surface area contributed by atoms with Crippen LogP contribution in [0, 0.1) is 30.6 Å². The molecule has 0 aliphatic heterocycles. The molecule has 0 aromatic carbocycles. The molecule has 0 spiro atoms. The molecule has 1 nitrogen and oxygen atoms in total. The number of hydrogen-bond donors (Lipinski definition) is 1. The molecule has 1 fully saturated rings. The normalized spacial score (nSPS) is 23.1. The predicted molar refractivity (Wildman–Crippen MR) is 81.3 cm³/mol. The monoisotopic (exact) mass is 265 g/mol. The highest BCUT2D eigenvalue weighted by Gasteiger charge is 2.63. The first-order valence-corrected chi connectivity index (χ1v) is 7.80. The van der Waals surface area contributed by atoms with Crippen LogP contribution in [0.1, 0.15) is 56.0 Å². The Morgan fingerprint density at radius 1 is 1.22 bits per heavy atom. The Bertz CT molecular complexity index is 428. The smallest absolute Gasteiger partial charge is 0.0302 e. The van der Waals surface area contributed by atoms with E-state index in [9.17, 15) is 0 Å². The van der Waals surface area contributed by atoms with Crippen LogP contribution >= 0.6 is 11.3 Å². The van der Waals surface area contributed by atoms with Gasteiger partial charge in [-0.05, 0) is 55.7 Å². The van der Waals surface area contributed by atoms with E-state index in [1.807, 2.05) is 11.3 Å². The predicted octanol–water partition coefficient (Wildman–Crippen LogP) is 4.70. The second kappa shape index (κ2) is 4.35. The SMILES string of the molecule is Cc1cc(C(C)NCC2C(C)(C)C2(C)C)c(C)s1. The third-order valence-electron chi connectivity index (χ3n) is 5.49. The minimum Gasteiger partial charge on any atom is -0.310 e. The Morgan fingerprint density at radius 2 is 1.78 bits per heavy atom. The molecule has 18 heavy (non-hydrogen) atoms. The third-order valence-corrected chi connectivity index (χ3v) is 6.48. The quantitative estimate of drug-likeness (QED) is 0.832. The molecule has 1 atom stereocenters. The van der Waals surface area contributed by atoms with Gasteiger partial charge in [-0.15, -0.1) is 11.3 Å². The van der Waals surface area contributed by atoms with Crippen LogP contribution in [-0.2, 0) is 0 Å². The zero-order valence-corrected chi connectivity index (χ0v) is 13.7. The lowest BCUT2D eigenvalue weighted by molar-refractivity contribution is 0.457. The van der Waals surface area contributed by atoms with Gasteiger partial charge in [-0.3, -0.25) is 0 Å². The highest BCUT2D eigenvalue weighted by atomic mass is 32.1. The van der Waals surface area contributed by atoms with Gasteiger partial charge in [0.25, 0.3) is 0 Å². The zero-order chi connectivity index (χ0) is 13.7. The van der Waals surface area contributed by atoms with Crippen LogP contribution in [-0.4, -0.2) is 6.54 Å². The second-order valence-corrected chi connectivity index (χ2v) is 8.45. The molecular formula is C16H27NS. The maximum atomic E-state index is 3.73. The molecule has 0 bridgehead atoms. The number of rotatable bonds is 4. The summed E-state index contributed by atoms with van der Waals surface area (Å²) in [6, 6.07) is 2.81. The van der Waals surface area contributed by atoms with Gasteiger partial charge in [0.15, 0.2) is 0 Å². The first kappa shape index (κ1) is 14.1. The van der Waals surface area contributed by atoms with Crippen molar-refractivity contribution in [3.63, 3.8) is 0 Å². The van der Waals surface area contributed by atoms with E-state index in [-0.39, 0.29) is 0 Å². The van der Waals surface area contributed by atoms with E-state index >= 15 is 0 Å². The Kier molecular flexibility index (Phi) is 3.40. The van der Waals surface area contributed by atoms with Crippen molar-refractivity contribution in [3.8, 4) is 0 Å². The zero-order valence-electron chi connectivity index (χ0n) is 12.8. The van der Waals surface area contributed by atoms with Crippen molar-refractivity contribution >= 4 is 11.3 Å². The summed E-state index contributed by atoms with van der Waals surface area (Å²) < 4.78 is 0. The van der Waals surface area contributed by atoms with E-state index in [4.69, 9.17) is 0 Å². The molecule has 2 heteroatoms. The van der Waals surface area contributed by atoms with E-state index in [1.54, 1.807) is 0 Å². The number of aryl methyl sites for hydroxylation is 2. The largest absolute Gasteiger partial charge is 0.310 e. The molecule has 1 N–H and O–H groups in total. The van der Waals surface area contributed by atoms with Crippen LogP contribution in [0.4, 0.5) is 0 Å². The summed E-state index contributed by atoms with van der Waals surface area (Å²) in [5.74, 6) is 0.799. The Balaban J connectivity index is 1.94. The van der Waals surface area contributed by atoms with Crippen molar-refractivity contribution in [3.05, 3.63) is 21.4 Å². The molecule has 1 aliphatic rings. The molecule has 0 saturated heterocycles. The van der Waals surface area contributed by atoms with Crippen molar-refractivity contribution in [2.75, 3.05) is 6.54 Å². The summed E-state index contributed by atoms with van der Waals surface area (Å²) in [5, 5.41) is 3.73. The lowest BCUT2D eigenvalue weighted by Gasteiger charge is -2.14. The van der Waals surface area contributed by atoms with E-state index in [0.717, 1.165) is 12.5 Å². The molecule has 1 heterocycles. The van der Waals surface area contributed by atoms with Gasteiger partial charge < -0.3 is 5.32 Å². The lowest BCUT2D eigenvalue weighted by atomic mass is 10.0. The van der Waals surface area contributed by atoms with Crippen LogP contribution < -0.4 is 5.32 Å². The van der Waals surface area contributed by atoms with Gasteiger partial charge in [-0.25, -0.2) is 0 Å². The van der Waals surface area contributed by atoms with Gasteiger partial charge in [-0.1, -0.05) is 27.7 Å². The summed E-state index contributed by atoms with van der Waals surface area (Å²) in [5.41, 5.74) is 2.45. The summed E-state index contributed by atoms with van der Waals surface area (Å²) in [4.78, 5) is 2.88. The van der Waals surface area contributed by atoms with Crippen LogP contribution in [0.5, 0.6) is 0 Å². The Hall–Kier alpha value is -0.340. The number of nitrogens with one attached hydrogen (secondary N) is 1. The standard InChI is InChI=1S/C16H27NS/c1-10-8-13(12(3)18-10)11(2)17-9-14-15(4,5)16(14,6)7/h8,11,14,17H,9H2,1-7H3. The first-order valence-electron chi connectivity index (χ1n) is 6.98. The van der Waals surface area contributed by atoms with Gasteiger partial charge in [0.1, 0.15) is 0 Å². The minimum absolute atomic E-state index is 0.474. The van der Waals surface area contributed by atoms with Crippen LogP contribution in [0.15, 0.2) is 6.07 Å². The highest BCUT2D eigenvalue weighted by molar-refractivity contribution is 7.12. The molecule has 0 amide bonds. The first-order chi connectivity index (χ1) is 8.18. The average molecular weight is 265 g/mol. The summed E-state index contributed by atoms with van der Waals surface area (Å²) in [7, 11) is 0. The Morgan fingerprint density at radius 3 is 2.17 bits per heavy atom. The molecule has 1 aromatic heterocycles. The third kappa shape index (κ3) is 2.14. The van der Waals surface area contributed by atoms with Crippen molar-refractivity contribution in [2.45, 2.75) is 54.5 Å². The van der Waals surface area contributed by atoms with Gasteiger partial charge in [0.05, 0.1) is 0 Å². The number of thiophene rings is 1. The molecule has 1 aliphatic carbocycles. The molecule has 1 unspecified atom stereocenters. The van der Waals surface area contributed by atoms with E-state index < -0.39 is 0 Å². The maximum Gasteiger partial charge on any atom is 0.0302 e. The molecular weight excluding hydrogens is 238 g/mol. The summed E-state index contributed by atoms with van der Waals surface area (Å²) in [6.45, 7) is 17.4. The van der Waals surface area contributed by atoms with Crippen LogP contribution in [0.2, 0.25) is 0 Å². The fourth-order valence-corrected chi connectivity index (χ4v) is 4.35. The topological polar surface area (TPSA) is 12.0 Å². The average Bonchev–Trinajstić information content (AvgIpc) is 2.54. The van der Waals surface area contributed by atoms with Crippen molar-refractivity contribution in [1.82, 2.24) is 5.32 Å². The molecule has 0 radical (unpaired) electrons. The molecule has 1 saturated carbocycles. The van der Waals surface area contributed by atoms with Crippen LogP contribution in [0.3, 0.4) is 0 Å². The fraction of sp³-hybridized carbons (Fsp3) is 0.750. The molecule has 2 rings (SSSR count). The van der Waals surface area contributed by atoms with Crippen molar-refractivity contribution in [1.29, 1.82) is 0 Å².